The smallest absolute Gasteiger partial charge is 0.387 e. The molecule has 0 atom stereocenters. The van der Waals surface area contributed by atoms with E-state index in [1.807, 2.05) is 0 Å². The highest BCUT2D eigenvalue weighted by Crippen LogP contribution is 2.30. The van der Waals surface area contributed by atoms with E-state index in [9.17, 15) is 18.7 Å². The van der Waals surface area contributed by atoms with Crippen LogP contribution in [0.15, 0.2) is 36.4 Å². The second-order valence-electron chi connectivity index (χ2n) is 4.82. The summed E-state index contributed by atoms with van der Waals surface area (Å²) >= 11 is 0. The van der Waals surface area contributed by atoms with E-state index in [-0.39, 0.29) is 29.4 Å². The molecule has 0 saturated carbocycles. The molecule has 0 unspecified atom stereocenters. The van der Waals surface area contributed by atoms with Crippen LogP contribution >= 0.6 is 0 Å². The zero-order chi connectivity index (χ0) is 18.4. The molecule has 8 heteroatoms. The van der Waals surface area contributed by atoms with Crippen molar-refractivity contribution in [1.82, 2.24) is 0 Å². The predicted molar refractivity (Wildman–Crippen MR) is 83.4 cm³/mol. The number of hydrogen-bond acceptors (Lipinski definition) is 6. The Kier molecular flexibility index (Phi) is 5.99. The number of benzene rings is 2. The van der Waals surface area contributed by atoms with Crippen molar-refractivity contribution in [3.63, 3.8) is 0 Å². The number of aromatic hydroxyl groups is 1. The van der Waals surface area contributed by atoms with Crippen LogP contribution < -0.4 is 14.2 Å². The van der Waals surface area contributed by atoms with Crippen LogP contribution in [0.4, 0.5) is 8.78 Å². The Labute approximate surface area is 142 Å². The van der Waals surface area contributed by atoms with E-state index in [1.54, 1.807) is 0 Å². The molecule has 0 spiro atoms. The lowest BCUT2D eigenvalue weighted by Gasteiger charge is -2.12. The first-order valence-electron chi connectivity index (χ1n) is 7.10. The van der Waals surface area contributed by atoms with E-state index in [0.29, 0.717) is 11.3 Å². The van der Waals surface area contributed by atoms with E-state index in [2.05, 4.69) is 4.74 Å². The SMILES string of the molecule is COc1ccc(C(=O)OCc2ccc(OC(F)F)c(OC)c2)c(O)c1. The monoisotopic (exact) mass is 354 g/mol. The van der Waals surface area contributed by atoms with Crippen molar-refractivity contribution < 1.29 is 37.6 Å². The molecule has 134 valence electrons. The second kappa shape index (κ2) is 8.18. The van der Waals surface area contributed by atoms with Crippen LogP contribution in [0, 0.1) is 0 Å². The number of esters is 1. The summed E-state index contributed by atoms with van der Waals surface area (Å²) in [6.45, 7) is -3.12. The molecule has 2 rings (SSSR count). The molecule has 1 N–H and O–H groups in total. The number of carbonyl (C=O) groups is 1. The van der Waals surface area contributed by atoms with E-state index in [4.69, 9.17) is 14.2 Å². The van der Waals surface area contributed by atoms with E-state index in [0.717, 1.165) is 0 Å². The van der Waals surface area contributed by atoms with Gasteiger partial charge in [-0.1, -0.05) is 6.07 Å². The zero-order valence-corrected chi connectivity index (χ0v) is 13.5. The van der Waals surface area contributed by atoms with Crippen molar-refractivity contribution in [3.8, 4) is 23.0 Å². The van der Waals surface area contributed by atoms with E-state index in [1.165, 1.54) is 50.6 Å². The van der Waals surface area contributed by atoms with Crippen LogP contribution in [-0.4, -0.2) is 31.9 Å². The number of phenols is 1. The van der Waals surface area contributed by atoms with Crippen LogP contribution in [0.25, 0.3) is 0 Å². The lowest BCUT2D eigenvalue weighted by Crippen LogP contribution is -2.07. The van der Waals surface area contributed by atoms with Gasteiger partial charge in [0.15, 0.2) is 11.5 Å². The summed E-state index contributed by atoms with van der Waals surface area (Å²) in [7, 11) is 2.74. The third-order valence-corrected chi connectivity index (χ3v) is 3.24. The molecule has 0 aliphatic rings. The Balaban J connectivity index is 2.06. The van der Waals surface area contributed by atoms with Gasteiger partial charge in [-0.25, -0.2) is 4.79 Å². The van der Waals surface area contributed by atoms with Gasteiger partial charge in [-0.2, -0.15) is 8.78 Å². The molecule has 0 amide bonds. The topological polar surface area (TPSA) is 74.2 Å². The maximum atomic E-state index is 12.3. The van der Waals surface area contributed by atoms with Crippen molar-refractivity contribution in [3.05, 3.63) is 47.5 Å². The lowest BCUT2D eigenvalue weighted by molar-refractivity contribution is -0.0512. The summed E-state index contributed by atoms with van der Waals surface area (Å²) in [6, 6.07) is 8.34. The molecule has 0 radical (unpaired) electrons. The van der Waals surface area contributed by atoms with Gasteiger partial charge in [-0.3, -0.25) is 0 Å². The van der Waals surface area contributed by atoms with Gasteiger partial charge in [0.05, 0.1) is 14.2 Å². The maximum absolute atomic E-state index is 12.3. The third kappa shape index (κ3) is 4.72. The molecule has 2 aromatic carbocycles. The fourth-order valence-electron chi connectivity index (χ4n) is 2.03. The standard InChI is InChI=1S/C17H16F2O6/c1-22-11-4-5-12(13(20)8-11)16(21)24-9-10-3-6-14(25-17(18)19)15(7-10)23-2/h3-8,17,20H,9H2,1-2H3. The van der Waals surface area contributed by atoms with Gasteiger partial charge < -0.3 is 24.1 Å². The summed E-state index contributed by atoms with van der Waals surface area (Å²) in [6.07, 6.45) is 0. The van der Waals surface area contributed by atoms with Gasteiger partial charge in [-0.15, -0.1) is 0 Å². The van der Waals surface area contributed by atoms with Gasteiger partial charge in [0.2, 0.25) is 0 Å². The summed E-state index contributed by atoms with van der Waals surface area (Å²) in [5.41, 5.74) is 0.477. The molecule has 0 aromatic heterocycles. The van der Waals surface area contributed by atoms with E-state index >= 15 is 0 Å². The lowest BCUT2D eigenvalue weighted by atomic mass is 10.2. The maximum Gasteiger partial charge on any atom is 0.387 e. The summed E-state index contributed by atoms with van der Waals surface area (Å²) < 4.78 is 43.9. The molecule has 0 aliphatic heterocycles. The Morgan fingerprint density at radius 1 is 1.08 bits per heavy atom. The number of ether oxygens (including phenoxy) is 4. The molecular weight excluding hydrogens is 338 g/mol. The van der Waals surface area contributed by atoms with Crippen molar-refractivity contribution >= 4 is 5.97 Å². The van der Waals surface area contributed by atoms with Crippen LogP contribution in [-0.2, 0) is 11.3 Å². The molecule has 25 heavy (non-hydrogen) atoms. The number of halogens is 2. The normalized spacial score (nSPS) is 10.4. The highest BCUT2D eigenvalue weighted by atomic mass is 19.3. The van der Waals surface area contributed by atoms with Gasteiger partial charge in [-0.05, 0) is 29.8 Å². The Bertz CT molecular complexity index is 748. The first-order valence-corrected chi connectivity index (χ1v) is 7.10. The third-order valence-electron chi connectivity index (χ3n) is 3.24. The highest BCUT2D eigenvalue weighted by Gasteiger charge is 2.15. The number of carbonyl (C=O) groups excluding carboxylic acids is 1. The Morgan fingerprint density at radius 3 is 2.44 bits per heavy atom. The molecular formula is C17H16F2O6. The van der Waals surface area contributed by atoms with Crippen LogP contribution in [0.5, 0.6) is 23.0 Å². The van der Waals surface area contributed by atoms with Crippen molar-refractivity contribution in [1.29, 1.82) is 0 Å². The largest absolute Gasteiger partial charge is 0.507 e. The fraction of sp³-hybridized carbons (Fsp3) is 0.235. The summed E-state index contributed by atoms with van der Waals surface area (Å²) in [5.74, 6) is -0.662. The minimum Gasteiger partial charge on any atom is -0.507 e. The number of methoxy groups -OCH3 is 2. The number of alkyl halides is 2. The van der Waals surface area contributed by atoms with Crippen molar-refractivity contribution in [2.75, 3.05) is 14.2 Å². The average Bonchev–Trinajstić information content (AvgIpc) is 2.59. The summed E-state index contributed by atoms with van der Waals surface area (Å²) in [4.78, 5) is 12.0. The molecule has 2 aromatic rings. The van der Waals surface area contributed by atoms with E-state index < -0.39 is 12.6 Å². The first kappa shape index (κ1) is 18.3. The molecule has 0 saturated heterocycles. The fourth-order valence-corrected chi connectivity index (χ4v) is 2.03. The highest BCUT2D eigenvalue weighted by molar-refractivity contribution is 5.92. The Morgan fingerprint density at radius 2 is 1.84 bits per heavy atom. The van der Waals surface area contributed by atoms with Crippen LogP contribution in [0.1, 0.15) is 15.9 Å². The molecule has 0 fully saturated rings. The summed E-state index contributed by atoms with van der Waals surface area (Å²) in [5, 5.41) is 9.80. The predicted octanol–water partition coefficient (Wildman–Crippen LogP) is 3.37. The second-order valence-corrected chi connectivity index (χ2v) is 4.82. The molecule has 0 heterocycles. The van der Waals surface area contributed by atoms with Gasteiger partial charge in [0.25, 0.3) is 0 Å². The Hall–Kier alpha value is -3.03. The minimum atomic E-state index is -2.98. The zero-order valence-electron chi connectivity index (χ0n) is 13.5. The number of hydrogen-bond donors (Lipinski definition) is 1. The van der Waals surface area contributed by atoms with Crippen molar-refractivity contribution in [2.24, 2.45) is 0 Å². The van der Waals surface area contributed by atoms with Crippen LogP contribution in [0.3, 0.4) is 0 Å². The quantitative estimate of drug-likeness (QED) is 0.769. The molecule has 6 nitrogen and oxygen atoms in total. The minimum absolute atomic E-state index is 0.0228. The number of phenolic OH excluding ortho intramolecular Hbond substituents is 1. The van der Waals surface area contributed by atoms with Gasteiger partial charge >= 0.3 is 12.6 Å². The van der Waals surface area contributed by atoms with Gasteiger partial charge in [0.1, 0.15) is 23.7 Å². The molecule has 0 aliphatic carbocycles. The van der Waals surface area contributed by atoms with Gasteiger partial charge in [0, 0.05) is 6.07 Å². The average molecular weight is 354 g/mol. The van der Waals surface area contributed by atoms with Crippen LogP contribution in [0.2, 0.25) is 0 Å². The first-order chi connectivity index (χ1) is 11.9. The molecule has 0 bridgehead atoms. The number of rotatable bonds is 7. The van der Waals surface area contributed by atoms with Crippen molar-refractivity contribution in [2.45, 2.75) is 13.2 Å².